The zero-order valence-electron chi connectivity index (χ0n) is 14.0. The number of hydrogen-bond acceptors (Lipinski definition) is 2. The highest BCUT2D eigenvalue weighted by Crippen LogP contribution is 2.27. The number of nitrogens with zero attached hydrogens (tertiary/aromatic N) is 2. The molecule has 0 amide bonds. The Morgan fingerprint density at radius 3 is 2.32 bits per heavy atom. The molecular weight excluding hydrogens is 336 g/mol. The van der Waals surface area contributed by atoms with Crippen LogP contribution in [0.5, 0.6) is 0 Å². The second kappa shape index (κ2) is 7.46. The smallest absolute Gasteiger partial charge is 0.0244 e. The van der Waals surface area contributed by atoms with Crippen LogP contribution in [-0.2, 0) is 6.54 Å². The van der Waals surface area contributed by atoms with E-state index in [1.54, 1.807) is 0 Å². The van der Waals surface area contributed by atoms with E-state index in [1.807, 2.05) is 0 Å². The normalized spacial score (nSPS) is 28.9. The fourth-order valence-electron chi connectivity index (χ4n) is 4.32. The van der Waals surface area contributed by atoms with Gasteiger partial charge in [-0.1, -0.05) is 48.0 Å². The quantitative estimate of drug-likeness (QED) is 0.784. The molecule has 3 rings (SSSR count). The summed E-state index contributed by atoms with van der Waals surface area (Å²) >= 11 is 3.68. The minimum Gasteiger partial charge on any atom is -0.300 e. The Labute approximate surface area is 144 Å². The first-order chi connectivity index (χ1) is 10.6. The predicted octanol–water partition coefficient (Wildman–Crippen LogP) is 4.39. The van der Waals surface area contributed by atoms with Gasteiger partial charge < -0.3 is 0 Å². The Kier molecular flexibility index (Phi) is 5.59. The highest BCUT2D eigenvalue weighted by Gasteiger charge is 2.29. The molecule has 2 nitrogen and oxygen atoms in total. The molecule has 3 heteroatoms. The van der Waals surface area contributed by atoms with E-state index in [1.165, 1.54) is 55.5 Å². The molecule has 0 radical (unpaired) electrons. The average Bonchev–Trinajstić information content (AvgIpc) is 2.49. The number of halogens is 1. The van der Waals surface area contributed by atoms with Crippen LogP contribution in [0.4, 0.5) is 0 Å². The molecule has 122 valence electrons. The van der Waals surface area contributed by atoms with Gasteiger partial charge in [-0.3, -0.25) is 9.80 Å². The van der Waals surface area contributed by atoms with E-state index in [4.69, 9.17) is 0 Å². The van der Waals surface area contributed by atoms with Crippen molar-refractivity contribution in [1.82, 2.24) is 9.80 Å². The summed E-state index contributed by atoms with van der Waals surface area (Å²) in [5, 5.41) is 0. The van der Waals surface area contributed by atoms with Crippen LogP contribution in [0, 0.1) is 11.8 Å². The van der Waals surface area contributed by atoms with Gasteiger partial charge >= 0.3 is 0 Å². The molecule has 2 heterocycles. The van der Waals surface area contributed by atoms with Gasteiger partial charge in [-0.2, -0.15) is 0 Å². The molecule has 22 heavy (non-hydrogen) atoms. The summed E-state index contributed by atoms with van der Waals surface area (Å²) in [7, 11) is 0. The molecule has 0 aliphatic carbocycles. The molecule has 0 aromatic heterocycles. The van der Waals surface area contributed by atoms with Crippen molar-refractivity contribution in [3.8, 4) is 0 Å². The minimum atomic E-state index is 0.820. The molecule has 2 aliphatic rings. The number of likely N-dealkylation sites (tertiary alicyclic amines) is 2. The Morgan fingerprint density at radius 2 is 1.68 bits per heavy atom. The highest BCUT2D eigenvalue weighted by atomic mass is 79.9. The van der Waals surface area contributed by atoms with Crippen molar-refractivity contribution >= 4 is 15.9 Å². The molecule has 0 spiro atoms. The number of piperidine rings is 2. The van der Waals surface area contributed by atoms with Crippen LogP contribution in [-0.4, -0.2) is 42.0 Å². The van der Waals surface area contributed by atoms with Crippen LogP contribution in [0.25, 0.3) is 0 Å². The molecule has 1 aromatic carbocycles. The molecule has 2 saturated heterocycles. The van der Waals surface area contributed by atoms with Crippen LogP contribution >= 0.6 is 15.9 Å². The summed E-state index contributed by atoms with van der Waals surface area (Å²) in [6.45, 7) is 11.0. The summed E-state index contributed by atoms with van der Waals surface area (Å²) in [5.41, 5.74) is 1.42. The van der Waals surface area contributed by atoms with Gasteiger partial charge in [0, 0.05) is 30.1 Å². The van der Waals surface area contributed by atoms with Gasteiger partial charge in [0.05, 0.1) is 0 Å². The largest absolute Gasteiger partial charge is 0.300 e. The molecular formula is C19H29BrN2. The Hall–Kier alpha value is -0.380. The number of hydrogen-bond donors (Lipinski definition) is 0. The fourth-order valence-corrected chi connectivity index (χ4v) is 4.73. The highest BCUT2D eigenvalue weighted by molar-refractivity contribution is 9.10. The van der Waals surface area contributed by atoms with E-state index in [9.17, 15) is 0 Å². The third-order valence-electron chi connectivity index (χ3n) is 5.32. The summed E-state index contributed by atoms with van der Waals surface area (Å²) < 4.78 is 1.25. The van der Waals surface area contributed by atoms with Crippen LogP contribution < -0.4 is 0 Å². The summed E-state index contributed by atoms with van der Waals surface area (Å²) in [4.78, 5) is 5.40. The van der Waals surface area contributed by atoms with Gasteiger partial charge in [-0.15, -0.1) is 0 Å². The third-order valence-corrected chi connectivity index (χ3v) is 6.10. The summed E-state index contributed by atoms with van der Waals surface area (Å²) in [5.74, 6) is 1.75. The topological polar surface area (TPSA) is 6.48 Å². The lowest BCUT2D eigenvalue weighted by Gasteiger charge is -2.43. The fraction of sp³-hybridized carbons (Fsp3) is 0.684. The van der Waals surface area contributed by atoms with E-state index in [-0.39, 0.29) is 0 Å². The SMILES string of the molecule is CC1CC(C)CN(C2CCN(Cc3ccccc3Br)CC2)C1. The van der Waals surface area contributed by atoms with Gasteiger partial charge in [0.1, 0.15) is 0 Å². The van der Waals surface area contributed by atoms with Crippen molar-refractivity contribution in [2.45, 2.75) is 45.7 Å². The van der Waals surface area contributed by atoms with Gasteiger partial charge in [0.2, 0.25) is 0 Å². The molecule has 0 saturated carbocycles. The van der Waals surface area contributed by atoms with E-state index < -0.39 is 0 Å². The third kappa shape index (κ3) is 4.12. The van der Waals surface area contributed by atoms with Crippen molar-refractivity contribution in [3.05, 3.63) is 34.3 Å². The van der Waals surface area contributed by atoms with Crippen LogP contribution in [0.3, 0.4) is 0 Å². The zero-order chi connectivity index (χ0) is 15.5. The van der Waals surface area contributed by atoms with Gasteiger partial charge in [-0.05, 0) is 55.8 Å². The Balaban J connectivity index is 1.51. The Bertz CT molecular complexity index is 472. The first kappa shape index (κ1) is 16.5. The average molecular weight is 365 g/mol. The first-order valence-electron chi connectivity index (χ1n) is 8.81. The molecule has 2 aliphatic heterocycles. The van der Waals surface area contributed by atoms with Crippen molar-refractivity contribution in [3.63, 3.8) is 0 Å². The van der Waals surface area contributed by atoms with E-state index in [0.717, 1.165) is 24.4 Å². The summed E-state index contributed by atoms with van der Waals surface area (Å²) in [6, 6.07) is 9.45. The Morgan fingerprint density at radius 1 is 1.05 bits per heavy atom. The minimum absolute atomic E-state index is 0.820. The second-order valence-electron chi connectivity index (χ2n) is 7.50. The molecule has 2 atom stereocenters. The monoisotopic (exact) mass is 364 g/mol. The maximum atomic E-state index is 3.68. The molecule has 0 N–H and O–H groups in total. The maximum absolute atomic E-state index is 3.68. The van der Waals surface area contributed by atoms with Crippen LogP contribution in [0.1, 0.15) is 38.7 Å². The summed E-state index contributed by atoms with van der Waals surface area (Å²) in [6.07, 6.45) is 4.09. The standard InChI is InChI=1S/C19H29BrN2/c1-15-11-16(2)13-22(12-15)18-7-9-21(10-8-18)14-17-5-3-4-6-19(17)20/h3-6,15-16,18H,7-14H2,1-2H3. The van der Waals surface area contributed by atoms with E-state index in [0.29, 0.717) is 0 Å². The maximum Gasteiger partial charge on any atom is 0.0244 e. The molecule has 0 bridgehead atoms. The number of benzene rings is 1. The molecule has 2 unspecified atom stereocenters. The van der Waals surface area contributed by atoms with Crippen LogP contribution in [0.15, 0.2) is 28.7 Å². The van der Waals surface area contributed by atoms with Crippen molar-refractivity contribution in [2.24, 2.45) is 11.8 Å². The molecule has 2 fully saturated rings. The lowest BCUT2D eigenvalue weighted by Crippen LogP contribution is -2.49. The van der Waals surface area contributed by atoms with Crippen molar-refractivity contribution < 1.29 is 0 Å². The second-order valence-corrected chi connectivity index (χ2v) is 8.35. The van der Waals surface area contributed by atoms with Crippen molar-refractivity contribution in [1.29, 1.82) is 0 Å². The van der Waals surface area contributed by atoms with Gasteiger partial charge in [0.15, 0.2) is 0 Å². The first-order valence-corrected chi connectivity index (χ1v) is 9.61. The van der Waals surface area contributed by atoms with Gasteiger partial charge in [-0.25, -0.2) is 0 Å². The zero-order valence-corrected chi connectivity index (χ0v) is 15.6. The predicted molar refractivity (Wildman–Crippen MR) is 97.0 cm³/mol. The van der Waals surface area contributed by atoms with E-state index in [2.05, 4.69) is 63.8 Å². The number of rotatable bonds is 3. The van der Waals surface area contributed by atoms with Crippen molar-refractivity contribution in [2.75, 3.05) is 26.2 Å². The lowest BCUT2D eigenvalue weighted by molar-refractivity contribution is 0.0529. The molecule has 1 aromatic rings. The van der Waals surface area contributed by atoms with Crippen LogP contribution in [0.2, 0.25) is 0 Å². The van der Waals surface area contributed by atoms with Gasteiger partial charge in [0.25, 0.3) is 0 Å². The lowest BCUT2D eigenvalue weighted by atomic mass is 9.89. The van der Waals surface area contributed by atoms with E-state index >= 15 is 0 Å².